The third-order valence-corrected chi connectivity index (χ3v) is 4.74. The zero-order valence-electron chi connectivity index (χ0n) is 17.9. The van der Waals surface area contributed by atoms with Gasteiger partial charge < -0.3 is 18.8 Å². The van der Waals surface area contributed by atoms with Crippen molar-refractivity contribution in [2.75, 3.05) is 7.11 Å². The summed E-state index contributed by atoms with van der Waals surface area (Å²) in [4.78, 5) is 9.67. The summed E-state index contributed by atoms with van der Waals surface area (Å²) in [6.45, 7) is 2.53. The van der Waals surface area contributed by atoms with Crippen LogP contribution in [0.5, 0.6) is 11.5 Å². The number of hydrogen-bond acceptors (Lipinski definition) is 7. The molecule has 7 heteroatoms. The molecule has 0 bridgehead atoms. The summed E-state index contributed by atoms with van der Waals surface area (Å²) in [6.07, 6.45) is 1.59. The minimum absolute atomic E-state index is 0.0742. The van der Waals surface area contributed by atoms with Gasteiger partial charge in [-0.15, -0.1) is 0 Å². The number of benzene rings is 3. The quantitative estimate of drug-likeness (QED) is 0.269. The molecule has 4 rings (SSSR count). The molecule has 0 aliphatic carbocycles. The van der Waals surface area contributed by atoms with E-state index in [4.69, 9.17) is 18.8 Å². The molecule has 0 aliphatic heterocycles. The average Bonchev–Trinajstić information content (AvgIpc) is 3.30. The van der Waals surface area contributed by atoms with Crippen LogP contribution in [0, 0.1) is 6.92 Å². The SMILES string of the molecule is COc1cc(/C=N/OCc2nc(-c3ccccc3C)no2)ccc1OCc1ccccc1. The topological polar surface area (TPSA) is 79.0 Å². The van der Waals surface area contributed by atoms with Crippen LogP contribution in [0.2, 0.25) is 0 Å². The van der Waals surface area contributed by atoms with E-state index in [1.807, 2.05) is 79.7 Å². The molecule has 0 saturated heterocycles. The summed E-state index contributed by atoms with van der Waals surface area (Å²) in [6, 6.07) is 23.4. The van der Waals surface area contributed by atoms with Crippen LogP contribution in [-0.2, 0) is 18.1 Å². The minimum Gasteiger partial charge on any atom is -0.493 e. The number of aromatic nitrogens is 2. The molecule has 162 valence electrons. The maximum Gasteiger partial charge on any atom is 0.267 e. The smallest absolute Gasteiger partial charge is 0.267 e. The van der Waals surface area contributed by atoms with Crippen LogP contribution in [0.15, 0.2) is 82.5 Å². The fourth-order valence-corrected chi connectivity index (χ4v) is 3.06. The van der Waals surface area contributed by atoms with Crippen molar-refractivity contribution in [3.8, 4) is 22.9 Å². The predicted octanol–water partition coefficient (Wildman–Crippen LogP) is 5.18. The number of hydrogen-bond donors (Lipinski definition) is 0. The Bertz CT molecular complexity index is 1190. The minimum atomic E-state index is 0.0742. The number of nitrogens with zero attached hydrogens (tertiary/aromatic N) is 3. The molecule has 0 atom stereocenters. The highest BCUT2D eigenvalue weighted by Crippen LogP contribution is 2.28. The van der Waals surface area contributed by atoms with E-state index in [9.17, 15) is 0 Å². The average molecular weight is 429 g/mol. The molecule has 0 fully saturated rings. The largest absolute Gasteiger partial charge is 0.493 e. The van der Waals surface area contributed by atoms with Crippen molar-refractivity contribution in [2.45, 2.75) is 20.1 Å². The maximum absolute atomic E-state index is 5.87. The maximum atomic E-state index is 5.87. The number of aryl methyl sites for hydroxylation is 1. The van der Waals surface area contributed by atoms with Crippen LogP contribution in [0.25, 0.3) is 11.4 Å². The summed E-state index contributed by atoms with van der Waals surface area (Å²) in [5.74, 6) is 2.15. The summed E-state index contributed by atoms with van der Waals surface area (Å²) in [5, 5.41) is 7.99. The highest BCUT2D eigenvalue weighted by molar-refractivity contribution is 5.80. The Labute approximate surface area is 186 Å². The van der Waals surface area contributed by atoms with Crippen LogP contribution in [0.4, 0.5) is 0 Å². The van der Waals surface area contributed by atoms with E-state index < -0.39 is 0 Å². The molecule has 0 saturated carbocycles. The first-order chi connectivity index (χ1) is 15.7. The number of oxime groups is 1. The summed E-state index contributed by atoms with van der Waals surface area (Å²) in [5.41, 5.74) is 3.89. The van der Waals surface area contributed by atoms with E-state index in [1.54, 1.807) is 13.3 Å². The lowest BCUT2D eigenvalue weighted by Crippen LogP contribution is -1.98. The van der Waals surface area contributed by atoms with Gasteiger partial charge >= 0.3 is 0 Å². The van der Waals surface area contributed by atoms with Crippen LogP contribution < -0.4 is 9.47 Å². The Morgan fingerprint density at radius 3 is 2.56 bits per heavy atom. The lowest BCUT2D eigenvalue weighted by atomic mass is 10.1. The Morgan fingerprint density at radius 2 is 1.75 bits per heavy atom. The molecule has 0 aliphatic rings. The Morgan fingerprint density at radius 1 is 0.938 bits per heavy atom. The second-order valence-electron chi connectivity index (χ2n) is 7.02. The van der Waals surface area contributed by atoms with Gasteiger partial charge in [-0.1, -0.05) is 64.9 Å². The molecule has 1 heterocycles. The molecule has 4 aromatic rings. The van der Waals surface area contributed by atoms with Gasteiger partial charge in [-0.25, -0.2) is 0 Å². The molecule has 1 aromatic heterocycles. The summed E-state index contributed by atoms with van der Waals surface area (Å²) in [7, 11) is 1.60. The van der Waals surface area contributed by atoms with Gasteiger partial charge in [0.25, 0.3) is 5.89 Å². The first kappa shape index (κ1) is 21.1. The third kappa shape index (κ3) is 5.31. The summed E-state index contributed by atoms with van der Waals surface area (Å²) < 4.78 is 16.6. The molecule has 32 heavy (non-hydrogen) atoms. The number of rotatable bonds is 9. The predicted molar refractivity (Wildman–Crippen MR) is 121 cm³/mol. The van der Waals surface area contributed by atoms with Gasteiger partial charge in [0.2, 0.25) is 5.82 Å². The molecule has 0 radical (unpaired) electrons. The van der Waals surface area contributed by atoms with Gasteiger partial charge in [-0.05, 0) is 36.2 Å². The molecule has 0 unspecified atom stereocenters. The highest BCUT2D eigenvalue weighted by Gasteiger charge is 2.11. The van der Waals surface area contributed by atoms with E-state index in [-0.39, 0.29) is 6.61 Å². The van der Waals surface area contributed by atoms with Crippen molar-refractivity contribution in [3.63, 3.8) is 0 Å². The summed E-state index contributed by atoms with van der Waals surface area (Å²) >= 11 is 0. The number of methoxy groups -OCH3 is 1. The molecule has 3 aromatic carbocycles. The van der Waals surface area contributed by atoms with Crippen molar-refractivity contribution in [2.24, 2.45) is 5.16 Å². The third-order valence-electron chi connectivity index (χ3n) is 4.74. The van der Waals surface area contributed by atoms with Gasteiger partial charge in [0, 0.05) is 11.1 Å². The molecule has 0 amide bonds. The molecule has 0 spiro atoms. The van der Waals surface area contributed by atoms with Gasteiger partial charge in [-0.2, -0.15) is 4.98 Å². The van der Waals surface area contributed by atoms with Gasteiger partial charge in [0.05, 0.1) is 13.3 Å². The Hall–Kier alpha value is -4.13. The van der Waals surface area contributed by atoms with Crippen LogP contribution >= 0.6 is 0 Å². The van der Waals surface area contributed by atoms with Crippen LogP contribution in [-0.4, -0.2) is 23.5 Å². The fraction of sp³-hybridized carbons (Fsp3) is 0.160. The zero-order valence-corrected chi connectivity index (χ0v) is 17.9. The number of ether oxygens (including phenoxy) is 2. The van der Waals surface area contributed by atoms with E-state index >= 15 is 0 Å². The molecule has 7 nitrogen and oxygen atoms in total. The van der Waals surface area contributed by atoms with Gasteiger partial charge in [0.1, 0.15) is 6.61 Å². The molecular weight excluding hydrogens is 406 g/mol. The van der Waals surface area contributed by atoms with Crippen molar-refractivity contribution in [1.29, 1.82) is 0 Å². The van der Waals surface area contributed by atoms with Crippen LogP contribution in [0.1, 0.15) is 22.6 Å². The fourth-order valence-electron chi connectivity index (χ4n) is 3.06. The van der Waals surface area contributed by atoms with Crippen LogP contribution in [0.3, 0.4) is 0 Å². The molecular formula is C25H23N3O4. The van der Waals surface area contributed by atoms with Gasteiger partial charge in [0.15, 0.2) is 18.1 Å². The van der Waals surface area contributed by atoms with Crippen molar-refractivity contribution >= 4 is 6.21 Å². The first-order valence-electron chi connectivity index (χ1n) is 10.1. The standard InChI is InChI=1S/C25H23N3O4/c1-18-8-6-7-11-21(18)25-27-24(32-28-25)17-31-26-15-20-12-13-22(23(14-20)29-2)30-16-19-9-4-3-5-10-19/h3-15H,16-17H2,1-2H3/b26-15+. The first-order valence-corrected chi connectivity index (χ1v) is 10.1. The van der Waals surface area contributed by atoms with E-state index in [2.05, 4.69) is 15.3 Å². The zero-order chi connectivity index (χ0) is 22.2. The van der Waals surface area contributed by atoms with E-state index in [0.717, 1.165) is 22.3 Å². The van der Waals surface area contributed by atoms with Gasteiger partial charge in [-0.3, -0.25) is 0 Å². The molecule has 0 N–H and O–H groups in total. The second-order valence-corrected chi connectivity index (χ2v) is 7.02. The van der Waals surface area contributed by atoms with Crippen molar-refractivity contribution < 1.29 is 18.8 Å². The normalized spacial score (nSPS) is 10.9. The lowest BCUT2D eigenvalue weighted by molar-refractivity contribution is 0.107. The second kappa shape index (κ2) is 10.3. The van der Waals surface area contributed by atoms with Crippen molar-refractivity contribution in [3.05, 3.63) is 95.4 Å². The van der Waals surface area contributed by atoms with E-state index in [0.29, 0.717) is 29.8 Å². The Balaban J connectivity index is 1.33. The monoisotopic (exact) mass is 429 g/mol. The van der Waals surface area contributed by atoms with Crippen molar-refractivity contribution in [1.82, 2.24) is 10.1 Å². The van der Waals surface area contributed by atoms with E-state index in [1.165, 1.54) is 0 Å². The highest BCUT2D eigenvalue weighted by atomic mass is 16.6. The Kier molecular flexibility index (Phi) is 6.77. The lowest BCUT2D eigenvalue weighted by Gasteiger charge is -2.11.